The first kappa shape index (κ1) is 28.1. The van der Waals surface area contributed by atoms with E-state index in [1.165, 1.54) is 17.2 Å². The molecule has 0 aromatic heterocycles. The average molecular weight is 514 g/mol. The van der Waals surface area contributed by atoms with Gasteiger partial charge in [-0.05, 0) is 55.1 Å². The number of para-hydroxylation sites is 1. The molecule has 2 aliphatic rings. The summed E-state index contributed by atoms with van der Waals surface area (Å²) in [6, 6.07) is 15.8. The lowest BCUT2D eigenvalue weighted by atomic mass is 9.94. The molecule has 2 aromatic carbocycles. The van der Waals surface area contributed by atoms with Crippen molar-refractivity contribution in [2.24, 2.45) is 5.92 Å². The Morgan fingerprint density at radius 1 is 0.865 bits per heavy atom. The molecule has 200 valence electrons. The first-order valence-electron chi connectivity index (χ1n) is 12.7. The van der Waals surface area contributed by atoms with Gasteiger partial charge in [0.05, 0.1) is 5.69 Å². The SMILES string of the molecule is CC(C)c1ccc(CN2CCC(C(=O)N3CCN(c4ccccc4F)CC3)CC2)cc1.O=C(O)C(=O)O. The van der Waals surface area contributed by atoms with Gasteiger partial charge in [0, 0.05) is 38.6 Å². The van der Waals surface area contributed by atoms with Crippen molar-refractivity contribution < 1.29 is 29.0 Å². The number of aliphatic carboxylic acids is 2. The maximum Gasteiger partial charge on any atom is 0.414 e. The summed E-state index contributed by atoms with van der Waals surface area (Å²) in [5.74, 6) is -2.86. The zero-order valence-corrected chi connectivity index (χ0v) is 21.5. The molecule has 2 saturated heterocycles. The number of carbonyl (C=O) groups excluding carboxylic acids is 1. The molecule has 9 heteroatoms. The van der Waals surface area contributed by atoms with Gasteiger partial charge in [-0.15, -0.1) is 0 Å². The molecule has 0 radical (unpaired) electrons. The quantitative estimate of drug-likeness (QED) is 0.589. The van der Waals surface area contributed by atoms with E-state index >= 15 is 0 Å². The fraction of sp³-hybridized carbons (Fsp3) is 0.464. The molecular formula is C28H36FN3O5. The van der Waals surface area contributed by atoms with Gasteiger partial charge in [-0.2, -0.15) is 0 Å². The Kier molecular flexibility index (Phi) is 10.0. The molecule has 2 N–H and O–H groups in total. The number of carbonyl (C=O) groups is 3. The summed E-state index contributed by atoms with van der Waals surface area (Å²) in [6.07, 6.45) is 1.85. The topological polar surface area (TPSA) is 101 Å². The van der Waals surface area contributed by atoms with E-state index in [0.29, 0.717) is 37.8 Å². The number of carboxylic acids is 2. The average Bonchev–Trinajstić information content (AvgIpc) is 2.90. The van der Waals surface area contributed by atoms with E-state index in [0.717, 1.165) is 32.5 Å². The summed E-state index contributed by atoms with van der Waals surface area (Å²) in [6.45, 7) is 10.1. The van der Waals surface area contributed by atoms with E-state index in [-0.39, 0.29) is 17.6 Å². The van der Waals surface area contributed by atoms with Gasteiger partial charge in [-0.25, -0.2) is 14.0 Å². The van der Waals surface area contributed by atoms with Crippen LogP contribution in [0.2, 0.25) is 0 Å². The minimum atomic E-state index is -1.82. The summed E-state index contributed by atoms with van der Waals surface area (Å²) in [5, 5.41) is 14.8. The lowest BCUT2D eigenvalue weighted by Gasteiger charge is -2.39. The normalized spacial score (nSPS) is 16.8. The second-order valence-corrected chi connectivity index (χ2v) is 9.82. The second kappa shape index (κ2) is 13.2. The van der Waals surface area contributed by atoms with E-state index in [2.05, 4.69) is 43.0 Å². The Bertz CT molecular complexity index is 1050. The number of piperazine rings is 1. The number of benzene rings is 2. The zero-order valence-electron chi connectivity index (χ0n) is 21.5. The minimum Gasteiger partial charge on any atom is -0.473 e. The van der Waals surface area contributed by atoms with Crippen LogP contribution in [0.5, 0.6) is 0 Å². The Labute approximate surface area is 217 Å². The third kappa shape index (κ3) is 8.01. The van der Waals surface area contributed by atoms with Crippen molar-refractivity contribution in [3.63, 3.8) is 0 Å². The molecule has 1 amide bonds. The van der Waals surface area contributed by atoms with E-state index in [9.17, 15) is 9.18 Å². The zero-order chi connectivity index (χ0) is 26.9. The monoisotopic (exact) mass is 513 g/mol. The minimum absolute atomic E-state index is 0.125. The highest BCUT2D eigenvalue weighted by atomic mass is 19.1. The van der Waals surface area contributed by atoms with Crippen LogP contribution in [-0.2, 0) is 20.9 Å². The van der Waals surface area contributed by atoms with Crippen molar-refractivity contribution in [3.8, 4) is 0 Å². The molecule has 0 unspecified atom stereocenters. The number of hydrogen-bond donors (Lipinski definition) is 2. The summed E-state index contributed by atoms with van der Waals surface area (Å²) < 4.78 is 14.0. The number of rotatable bonds is 5. The molecule has 0 spiro atoms. The fourth-order valence-corrected chi connectivity index (χ4v) is 4.74. The van der Waals surface area contributed by atoms with Crippen LogP contribution < -0.4 is 4.90 Å². The molecule has 0 aliphatic carbocycles. The fourth-order valence-electron chi connectivity index (χ4n) is 4.74. The third-order valence-electron chi connectivity index (χ3n) is 6.96. The molecule has 2 heterocycles. The number of nitrogens with zero attached hydrogens (tertiary/aromatic N) is 3. The van der Waals surface area contributed by atoms with Crippen LogP contribution in [0.15, 0.2) is 48.5 Å². The van der Waals surface area contributed by atoms with Crippen LogP contribution in [0.1, 0.15) is 43.7 Å². The van der Waals surface area contributed by atoms with Crippen LogP contribution in [0.3, 0.4) is 0 Å². The second-order valence-electron chi connectivity index (χ2n) is 9.82. The summed E-state index contributed by atoms with van der Waals surface area (Å²) in [7, 11) is 0. The third-order valence-corrected chi connectivity index (χ3v) is 6.96. The standard InChI is InChI=1S/C26H34FN3O.C2H2O4/c1-20(2)22-9-7-21(8-10-22)19-28-13-11-23(12-14-28)26(31)30-17-15-29(16-18-30)25-6-4-3-5-24(25)27;3-1(4)2(5)6/h3-10,20,23H,11-19H2,1-2H3;(H,3,4)(H,5,6). The largest absolute Gasteiger partial charge is 0.473 e. The van der Waals surface area contributed by atoms with Gasteiger partial charge < -0.3 is 20.0 Å². The molecule has 2 aliphatic heterocycles. The lowest BCUT2D eigenvalue weighted by molar-refractivity contribution is -0.159. The van der Waals surface area contributed by atoms with Crippen LogP contribution >= 0.6 is 0 Å². The van der Waals surface area contributed by atoms with Gasteiger partial charge in [0.1, 0.15) is 5.82 Å². The van der Waals surface area contributed by atoms with Crippen molar-refractivity contribution in [2.75, 3.05) is 44.2 Å². The van der Waals surface area contributed by atoms with E-state index < -0.39 is 11.9 Å². The molecule has 0 atom stereocenters. The van der Waals surface area contributed by atoms with Crippen molar-refractivity contribution in [3.05, 3.63) is 65.5 Å². The Hall–Kier alpha value is -3.46. The van der Waals surface area contributed by atoms with Gasteiger partial charge in [-0.1, -0.05) is 50.2 Å². The molecule has 37 heavy (non-hydrogen) atoms. The van der Waals surface area contributed by atoms with Crippen LogP contribution in [0.25, 0.3) is 0 Å². The van der Waals surface area contributed by atoms with Crippen LogP contribution in [-0.4, -0.2) is 77.1 Å². The molecular weight excluding hydrogens is 477 g/mol. The first-order chi connectivity index (χ1) is 17.7. The number of amides is 1. The predicted octanol–water partition coefficient (Wildman–Crippen LogP) is 3.67. The van der Waals surface area contributed by atoms with Crippen molar-refractivity contribution in [1.82, 2.24) is 9.80 Å². The molecule has 8 nitrogen and oxygen atoms in total. The number of piperidine rings is 1. The maximum absolute atomic E-state index is 14.0. The molecule has 0 saturated carbocycles. The predicted molar refractivity (Wildman–Crippen MR) is 139 cm³/mol. The molecule has 4 rings (SSSR count). The number of hydrogen-bond acceptors (Lipinski definition) is 5. The molecule has 2 fully saturated rings. The van der Waals surface area contributed by atoms with E-state index in [1.54, 1.807) is 6.07 Å². The summed E-state index contributed by atoms with van der Waals surface area (Å²) in [4.78, 5) is 37.7. The number of halogens is 1. The Balaban J connectivity index is 0.000000568. The van der Waals surface area contributed by atoms with Gasteiger partial charge in [0.25, 0.3) is 0 Å². The van der Waals surface area contributed by atoms with Crippen LogP contribution in [0, 0.1) is 11.7 Å². The van der Waals surface area contributed by atoms with E-state index in [4.69, 9.17) is 19.8 Å². The highest BCUT2D eigenvalue weighted by molar-refractivity contribution is 6.27. The van der Waals surface area contributed by atoms with Crippen molar-refractivity contribution >= 4 is 23.5 Å². The van der Waals surface area contributed by atoms with Gasteiger partial charge in [0.2, 0.25) is 5.91 Å². The smallest absolute Gasteiger partial charge is 0.414 e. The van der Waals surface area contributed by atoms with Gasteiger partial charge >= 0.3 is 11.9 Å². The lowest BCUT2D eigenvalue weighted by Crippen LogP contribution is -2.51. The number of anilines is 1. The Morgan fingerprint density at radius 2 is 1.43 bits per heavy atom. The summed E-state index contributed by atoms with van der Waals surface area (Å²) in [5.41, 5.74) is 3.37. The van der Waals surface area contributed by atoms with Crippen molar-refractivity contribution in [2.45, 2.75) is 39.2 Å². The van der Waals surface area contributed by atoms with E-state index in [1.807, 2.05) is 21.9 Å². The van der Waals surface area contributed by atoms with Crippen molar-refractivity contribution in [1.29, 1.82) is 0 Å². The summed E-state index contributed by atoms with van der Waals surface area (Å²) >= 11 is 0. The Morgan fingerprint density at radius 3 is 1.95 bits per heavy atom. The van der Waals surface area contributed by atoms with Gasteiger partial charge in [0.15, 0.2) is 0 Å². The first-order valence-corrected chi connectivity index (χ1v) is 12.7. The highest BCUT2D eigenvalue weighted by Gasteiger charge is 2.30. The number of carboxylic acid groups (broad SMARTS) is 2. The van der Waals surface area contributed by atoms with Crippen LogP contribution in [0.4, 0.5) is 10.1 Å². The molecule has 2 aromatic rings. The highest BCUT2D eigenvalue weighted by Crippen LogP contribution is 2.24. The molecule has 0 bridgehead atoms. The number of likely N-dealkylation sites (tertiary alicyclic amines) is 1. The van der Waals surface area contributed by atoms with Gasteiger partial charge in [-0.3, -0.25) is 9.69 Å². The maximum atomic E-state index is 14.0.